The van der Waals surface area contributed by atoms with Crippen LogP contribution in [0.5, 0.6) is 5.75 Å². The number of alkyl halides is 1. The maximum Gasteiger partial charge on any atom is 0.269 e. The fourth-order valence-corrected chi connectivity index (χ4v) is 7.41. The van der Waals surface area contributed by atoms with Gasteiger partial charge >= 0.3 is 0 Å². The molecule has 2 aromatic carbocycles. The fraction of sp³-hybridized carbons (Fsp3) is 0.520. The lowest BCUT2D eigenvalue weighted by Gasteiger charge is -2.52. The molecule has 6 heteroatoms. The molecular weight excluding hydrogens is 456 g/mol. The third-order valence-electron chi connectivity index (χ3n) is 7.91. The summed E-state index contributed by atoms with van der Waals surface area (Å²) in [6.45, 7) is 0. The largest absolute Gasteiger partial charge is 0.497 e. The second kappa shape index (κ2) is 8.45. The van der Waals surface area contributed by atoms with Gasteiger partial charge in [-0.2, -0.15) is 0 Å². The van der Waals surface area contributed by atoms with Gasteiger partial charge in [-0.05, 0) is 97.6 Å². The van der Waals surface area contributed by atoms with Gasteiger partial charge in [-0.15, -0.1) is 0 Å². The second-order valence-electron chi connectivity index (χ2n) is 9.40. The van der Waals surface area contributed by atoms with Crippen molar-refractivity contribution < 1.29 is 9.66 Å². The van der Waals surface area contributed by atoms with E-state index in [9.17, 15) is 10.1 Å². The summed E-state index contributed by atoms with van der Waals surface area (Å²) in [5.74, 6) is 3.74. The Morgan fingerprint density at radius 1 is 1.03 bits per heavy atom. The van der Waals surface area contributed by atoms with Crippen molar-refractivity contribution in [3.05, 3.63) is 63.7 Å². The number of methoxy groups -OCH3 is 1. The molecule has 5 rings (SSSR count). The molecule has 0 heterocycles. The first-order chi connectivity index (χ1) is 15.0. The summed E-state index contributed by atoms with van der Waals surface area (Å²) in [5.41, 5.74) is 4.15. The van der Waals surface area contributed by atoms with Crippen molar-refractivity contribution in [3.8, 4) is 5.75 Å². The molecule has 3 aliphatic rings. The minimum Gasteiger partial charge on any atom is -0.497 e. The number of anilines is 1. The molecule has 0 spiro atoms. The predicted molar refractivity (Wildman–Crippen MR) is 126 cm³/mol. The van der Waals surface area contributed by atoms with Crippen LogP contribution in [0.15, 0.2) is 42.5 Å². The van der Waals surface area contributed by atoms with E-state index in [2.05, 4.69) is 39.4 Å². The fourth-order valence-electron chi connectivity index (χ4n) is 6.58. The Labute approximate surface area is 191 Å². The summed E-state index contributed by atoms with van der Waals surface area (Å²) in [7, 11) is 1.74. The number of nitro groups is 1. The molecule has 5 nitrogen and oxygen atoms in total. The lowest BCUT2D eigenvalue weighted by molar-refractivity contribution is -0.384. The highest BCUT2D eigenvalue weighted by Crippen LogP contribution is 2.55. The molecule has 31 heavy (non-hydrogen) atoms. The number of non-ortho nitro benzene ring substituents is 1. The highest BCUT2D eigenvalue weighted by atomic mass is 79.9. The summed E-state index contributed by atoms with van der Waals surface area (Å²) in [6.07, 6.45) is 7.23. The molecule has 1 N–H and O–H groups in total. The lowest BCUT2D eigenvalue weighted by atomic mass is 9.55. The number of hydrogen-bond acceptors (Lipinski definition) is 4. The number of aryl methyl sites for hydroxylation is 1. The third-order valence-corrected chi connectivity index (χ3v) is 8.66. The zero-order chi connectivity index (χ0) is 21.5. The van der Waals surface area contributed by atoms with Crippen LogP contribution < -0.4 is 10.1 Å². The molecule has 2 unspecified atom stereocenters. The van der Waals surface area contributed by atoms with E-state index in [4.69, 9.17) is 4.74 Å². The van der Waals surface area contributed by atoms with Crippen LogP contribution >= 0.6 is 15.9 Å². The molecule has 2 aromatic rings. The molecule has 0 aromatic heterocycles. The van der Waals surface area contributed by atoms with Crippen molar-refractivity contribution in [1.29, 1.82) is 0 Å². The molecule has 2 fully saturated rings. The molecule has 0 bridgehead atoms. The number of rotatable bonds is 4. The highest BCUT2D eigenvalue weighted by Gasteiger charge is 2.47. The summed E-state index contributed by atoms with van der Waals surface area (Å²) in [5, 5.41) is 14.7. The number of benzene rings is 2. The number of nitrogens with zero attached hydrogens (tertiary/aromatic N) is 1. The van der Waals surface area contributed by atoms with Crippen molar-refractivity contribution in [3.63, 3.8) is 0 Å². The van der Waals surface area contributed by atoms with Crippen LogP contribution in [0.2, 0.25) is 0 Å². The summed E-state index contributed by atoms with van der Waals surface area (Å²) in [6, 6.07) is 14.0. The van der Waals surface area contributed by atoms with Crippen molar-refractivity contribution in [2.75, 3.05) is 12.4 Å². The zero-order valence-corrected chi connectivity index (χ0v) is 19.4. The number of fused-ring (bicyclic) bond motifs is 5. The molecule has 0 saturated heterocycles. The van der Waals surface area contributed by atoms with Gasteiger partial charge in [0.15, 0.2) is 0 Å². The average Bonchev–Trinajstić information content (AvgIpc) is 2.78. The highest BCUT2D eigenvalue weighted by molar-refractivity contribution is 9.09. The average molecular weight is 485 g/mol. The van der Waals surface area contributed by atoms with Gasteiger partial charge in [-0.1, -0.05) is 22.0 Å². The normalized spacial score (nSPS) is 31.7. The molecule has 2 saturated carbocycles. The van der Waals surface area contributed by atoms with Crippen LogP contribution in [0.4, 0.5) is 11.4 Å². The van der Waals surface area contributed by atoms with Crippen LogP contribution in [-0.4, -0.2) is 22.9 Å². The minimum atomic E-state index is -0.341. The van der Waals surface area contributed by atoms with Crippen LogP contribution in [0.25, 0.3) is 0 Å². The van der Waals surface area contributed by atoms with Crippen LogP contribution in [0, 0.1) is 27.9 Å². The van der Waals surface area contributed by atoms with Crippen molar-refractivity contribution >= 4 is 27.3 Å². The Kier molecular flexibility index (Phi) is 5.67. The third kappa shape index (κ3) is 3.95. The van der Waals surface area contributed by atoms with Gasteiger partial charge in [0.25, 0.3) is 5.69 Å². The molecule has 6 atom stereocenters. The molecule has 0 radical (unpaired) electrons. The summed E-state index contributed by atoms with van der Waals surface area (Å²) in [4.78, 5) is 11.1. The predicted octanol–water partition coefficient (Wildman–Crippen LogP) is 6.31. The first-order valence-electron chi connectivity index (χ1n) is 11.4. The quantitative estimate of drug-likeness (QED) is 0.313. The van der Waals surface area contributed by atoms with Gasteiger partial charge in [0, 0.05) is 28.7 Å². The van der Waals surface area contributed by atoms with E-state index in [0.29, 0.717) is 28.6 Å². The standard InChI is InChI=1S/C25H29BrN2O3/c1-31-19-7-9-20-15(12-19)2-8-22-21(20)10-11-23-24(22)13-16(26)14-25(23)27-17-3-5-18(6-4-17)28(29)30/h3-7,9,12,16,21-25,27H,2,8,10-11,13-14H2,1H3/t16?,21-,22-,23+,24+,25?/m1/s1. The number of hydrogen-bond donors (Lipinski definition) is 1. The van der Waals surface area contributed by atoms with Gasteiger partial charge in [-0.3, -0.25) is 10.1 Å². The van der Waals surface area contributed by atoms with Gasteiger partial charge in [0.05, 0.1) is 12.0 Å². The first-order valence-corrected chi connectivity index (χ1v) is 12.3. The van der Waals surface area contributed by atoms with Crippen LogP contribution in [-0.2, 0) is 6.42 Å². The van der Waals surface area contributed by atoms with Crippen molar-refractivity contribution in [2.24, 2.45) is 17.8 Å². The second-order valence-corrected chi connectivity index (χ2v) is 10.7. The number of nitro benzene ring substituents is 1. The SMILES string of the molecule is COc1ccc2c(c1)CC[C@H]1[C@@H]3CC(Br)CC(Nc4ccc([N+](=O)[O-])cc4)[C@H]3CC[C@H]21. The van der Waals surface area contributed by atoms with E-state index in [0.717, 1.165) is 30.2 Å². The number of halogens is 1. The minimum absolute atomic E-state index is 0.142. The molecule has 3 aliphatic carbocycles. The van der Waals surface area contributed by atoms with E-state index in [-0.39, 0.29) is 10.6 Å². The smallest absolute Gasteiger partial charge is 0.269 e. The Hall–Kier alpha value is -2.08. The molecular formula is C25H29BrN2O3. The number of ether oxygens (including phenoxy) is 1. The monoisotopic (exact) mass is 484 g/mol. The van der Waals surface area contributed by atoms with E-state index in [1.54, 1.807) is 24.8 Å². The maximum atomic E-state index is 11.0. The van der Waals surface area contributed by atoms with E-state index in [1.807, 2.05) is 12.1 Å². The van der Waals surface area contributed by atoms with Crippen LogP contribution in [0.1, 0.15) is 49.1 Å². The molecule has 0 aliphatic heterocycles. The number of nitrogens with one attached hydrogen (secondary N) is 1. The Morgan fingerprint density at radius 3 is 2.58 bits per heavy atom. The summed E-state index contributed by atoms with van der Waals surface area (Å²) >= 11 is 3.96. The van der Waals surface area contributed by atoms with Gasteiger partial charge in [0.1, 0.15) is 5.75 Å². The molecule has 164 valence electrons. The van der Waals surface area contributed by atoms with E-state index >= 15 is 0 Å². The van der Waals surface area contributed by atoms with Crippen molar-refractivity contribution in [2.45, 2.75) is 55.3 Å². The Bertz CT molecular complexity index is 964. The van der Waals surface area contributed by atoms with Crippen molar-refractivity contribution in [1.82, 2.24) is 0 Å². The van der Waals surface area contributed by atoms with E-state index in [1.165, 1.54) is 31.2 Å². The topological polar surface area (TPSA) is 64.4 Å². The lowest BCUT2D eigenvalue weighted by Crippen LogP contribution is -2.48. The van der Waals surface area contributed by atoms with Crippen LogP contribution in [0.3, 0.4) is 0 Å². The molecule has 0 amide bonds. The van der Waals surface area contributed by atoms with Gasteiger partial charge in [0.2, 0.25) is 0 Å². The first kappa shape index (κ1) is 20.8. The maximum absolute atomic E-state index is 11.0. The zero-order valence-electron chi connectivity index (χ0n) is 17.8. The summed E-state index contributed by atoms with van der Waals surface area (Å²) < 4.78 is 5.46. The Balaban J connectivity index is 1.36. The van der Waals surface area contributed by atoms with E-state index < -0.39 is 0 Å². The van der Waals surface area contributed by atoms with Gasteiger partial charge in [-0.25, -0.2) is 0 Å². The van der Waals surface area contributed by atoms with Gasteiger partial charge < -0.3 is 10.1 Å². The Morgan fingerprint density at radius 2 is 1.84 bits per heavy atom.